The molecule has 1 N–H and O–H groups in total. The number of carbonyl (C=O) groups is 1. The topological polar surface area (TPSA) is 72.8 Å². The molecule has 13 heteroatoms. The molecule has 37 heavy (non-hydrogen) atoms. The second-order valence-electron chi connectivity index (χ2n) is 9.03. The molecule has 2 saturated heterocycles. The number of nitrogens with zero attached hydrogens (tertiary/aromatic N) is 5. The van der Waals surface area contributed by atoms with Crippen molar-refractivity contribution in [3.63, 3.8) is 0 Å². The molecule has 196 valence electrons. The van der Waals surface area contributed by atoms with Crippen LogP contribution in [0.25, 0.3) is 10.9 Å². The number of halogens is 6. The third-order valence-electron chi connectivity index (χ3n) is 6.69. The van der Waals surface area contributed by atoms with Crippen molar-refractivity contribution in [3.05, 3.63) is 64.4 Å². The van der Waals surface area contributed by atoms with Crippen LogP contribution in [-0.2, 0) is 6.18 Å². The lowest BCUT2D eigenvalue weighted by atomic mass is 10.1. The van der Waals surface area contributed by atoms with Crippen LogP contribution < -0.4 is 4.90 Å². The molecule has 2 aliphatic heterocycles. The number of piperazine rings is 1. The van der Waals surface area contributed by atoms with Crippen molar-refractivity contribution in [3.8, 4) is 0 Å². The first-order valence-corrected chi connectivity index (χ1v) is 11.8. The van der Waals surface area contributed by atoms with Crippen LogP contribution in [0.5, 0.6) is 0 Å². The maximum Gasteiger partial charge on any atom is 0.451 e. The van der Waals surface area contributed by atoms with Crippen molar-refractivity contribution >= 4 is 34.2 Å². The average molecular weight is 542 g/mol. The molecular weight excluding hydrogens is 521 g/mol. The number of fused-ring (bicyclic) bond motifs is 1. The van der Waals surface area contributed by atoms with Crippen molar-refractivity contribution in [2.24, 2.45) is 0 Å². The fourth-order valence-corrected chi connectivity index (χ4v) is 4.93. The van der Waals surface area contributed by atoms with Gasteiger partial charge in [-0.15, -0.1) is 0 Å². The minimum Gasteiger partial charge on any atom is -0.390 e. The maximum absolute atomic E-state index is 14.0. The van der Waals surface area contributed by atoms with E-state index >= 15 is 0 Å². The highest BCUT2D eigenvalue weighted by molar-refractivity contribution is 6.30. The Morgan fingerprint density at radius 2 is 1.62 bits per heavy atom. The van der Waals surface area contributed by atoms with Crippen molar-refractivity contribution in [2.45, 2.75) is 18.3 Å². The first-order valence-electron chi connectivity index (χ1n) is 11.5. The van der Waals surface area contributed by atoms with Crippen LogP contribution in [0.2, 0.25) is 5.02 Å². The van der Waals surface area contributed by atoms with Crippen LogP contribution in [0.3, 0.4) is 0 Å². The molecule has 0 bridgehead atoms. The highest BCUT2D eigenvalue weighted by Crippen LogP contribution is 2.34. The highest BCUT2D eigenvalue weighted by atomic mass is 35.5. The highest BCUT2D eigenvalue weighted by Gasteiger charge is 2.41. The molecule has 0 radical (unpaired) electrons. The number of hydrogen-bond donors (Lipinski definition) is 1. The molecule has 1 amide bonds. The van der Waals surface area contributed by atoms with E-state index < -0.39 is 35.8 Å². The summed E-state index contributed by atoms with van der Waals surface area (Å²) in [5.74, 6) is -4.42. The summed E-state index contributed by atoms with van der Waals surface area (Å²) >= 11 is 5.88. The minimum absolute atomic E-state index is 0.0585. The molecule has 5 rings (SSSR count). The van der Waals surface area contributed by atoms with Crippen LogP contribution in [0, 0.1) is 11.6 Å². The van der Waals surface area contributed by atoms with E-state index in [1.807, 2.05) is 4.90 Å². The Hall–Kier alpha value is -3.09. The van der Waals surface area contributed by atoms with Gasteiger partial charge in [-0.3, -0.25) is 9.69 Å². The summed E-state index contributed by atoms with van der Waals surface area (Å²) in [4.78, 5) is 24.8. The lowest BCUT2D eigenvalue weighted by Gasteiger charge is -2.38. The zero-order valence-corrected chi connectivity index (χ0v) is 20.0. The SMILES string of the molecule is O=C(c1ccc(Cl)cc1)N1CCN(C2CN(c3nc(C(F)(F)F)nc4cc(F)c(F)cc34)CC2O)CC1. The van der Waals surface area contributed by atoms with Crippen LogP contribution in [0.1, 0.15) is 16.2 Å². The van der Waals surface area contributed by atoms with E-state index in [0.717, 1.165) is 6.07 Å². The lowest BCUT2D eigenvalue weighted by Crippen LogP contribution is -2.54. The van der Waals surface area contributed by atoms with Crippen molar-refractivity contribution in [2.75, 3.05) is 44.2 Å². The number of hydrogen-bond acceptors (Lipinski definition) is 6. The molecular formula is C24H21ClF5N5O2. The predicted octanol–water partition coefficient (Wildman–Crippen LogP) is 3.59. The Bertz CT molecular complexity index is 1330. The second kappa shape index (κ2) is 9.66. The van der Waals surface area contributed by atoms with Gasteiger partial charge in [0.25, 0.3) is 5.91 Å². The van der Waals surface area contributed by atoms with Crippen molar-refractivity contribution in [1.82, 2.24) is 19.8 Å². The number of alkyl halides is 3. The maximum atomic E-state index is 14.0. The molecule has 0 spiro atoms. The Morgan fingerprint density at radius 3 is 2.27 bits per heavy atom. The Labute approximate surface area is 213 Å². The zero-order chi connectivity index (χ0) is 26.5. The van der Waals surface area contributed by atoms with Crippen molar-refractivity contribution < 1.29 is 31.9 Å². The summed E-state index contributed by atoms with van der Waals surface area (Å²) in [5, 5.41) is 11.2. The number of aliphatic hydroxyl groups is 1. The Morgan fingerprint density at radius 1 is 0.973 bits per heavy atom. The van der Waals surface area contributed by atoms with Gasteiger partial charge in [-0.25, -0.2) is 18.7 Å². The zero-order valence-electron chi connectivity index (χ0n) is 19.2. The van der Waals surface area contributed by atoms with E-state index in [1.165, 1.54) is 4.90 Å². The number of rotatable bonds is 3. The number of aromatic nitrogens is 2. The molecule has 0 aliphatic carbocycles. The van der Waals surface area contributed by atoms with Gasteiger partial charge in [-0.2, -0.15) is 13.2 Å². The summed E-state index contributed by atoms with van der Waals surface area (Å²) in [6.07, 6.45) is -5.85. The van der Waals surface area contributed by atoms with Crippen LogP contribution in [0.15, 0.2) is 36.4 Å². The van der Waals surface area contributed by atoms with E-state index in [4.69, 9.17) is 11.6 Å². The van der Waals surface area contributed by atoms with Gasteiger partial charge in [0, 0.05) is 61.3 Å². The molecule has 3 aromatic rings. The summed E-state index contributed by atoms with van der Waals surface area (Å²) in [6.45, 7) is 1.71. The Kier molecular flexibility index (Phi) is 6.67. The van der Waals surface area contributed by atoms with E-state index in [1.54, 1.807) is 29.2 Å². The Balaban J connectivity index is 1.34. The molecule has 3 heterocycles. The van der Waals surface area contributed by atoms with Gasteiger partial charge in [-0.05, 0) is 30.3 Å². The molecule has 2 atom stereocenters. The third-order valence-corrected chi connectivity index (χ3v) is 6.94. The van der Waals surface area contributed by atoms with E-state index in [2.05, 4.69) is 9.97 Å². The van der Waals surface area contributed by atoms with Gasteiger partial charge in [0.1, 0.15) is 5.82 Å². The van der Waals surface area contributed by atoms with Crippen molar-refractivity contribution in [1.29, 1.82) is 0 Å². The molecule has 2 fully saturated rings. The summed E-state index contributed by atoms with van der Waals surface area (Å²) < 4.78 is 68.1. The summed E-state index contributed by atoms with van der Waals surface area (Å²) in [5.41, 5.74) is 0.119. The monoisotopic (exact) mass is 541 g/mol. The smallest absolute Gasteiger partial charge is 0.390 e. The fraction of sp³-hybridized carbons (Fsp3) is 0.375. The van der Waals surface area contributed by atoms with Gasteiger partial charge in [0.05, 0.1) is 17.7 Å². The molecule has 2 unspecified atom stereocenters. The standard InChI is InChI=1S/C24H21ClF5N5O2/c25-14-3-1-13(2-4-14)22(37)34-7-5-33(6-8-34)19-11-35(12-20(19)36)21-15-9-16(26)17(27)10-18(15)31-23(32-21)24(28,29)30/h1-4,9-10,19-20,36H,5-8,11-12H2. The molecule has 1 aromatic heterocycles. The number of anilines is 1. The number of benzene rings is 2. The summed E-state index contributed by atoms with van der Waals surface area (Å²) in [6, 6.07) is 7.47. The van der Waals surface area contributed by atoms with Gasteiger partial charge < -0.3 is 14.9 Å². The average Bonchev–Trinajstić information content (AvgIpc) is 3.25. The van der Waals surface area contributed by atoms with E-state index in [0.29, 0.717) is 42.8 Å². The van der Waals surface area contributed by atoms with E-state index in [9.17, 15) is 31.9 Å². The minimum atomic E-state index is -4.90. The number of amides is 1. The van der Waals surface area contributed by atoms with Gasteiger partial charge in [-0.1, -0.05) is 11.6 Å². The normalized spacial score (nSPS) is 21.2. The number of carbonyl (C=O) groups excluding carboxylic acids is 1. The van der Waals surface area contributed by atoms with E-state index in [-0.39, 0.29) is 35.7 Å². The van der Waals surface area contributed by atoms with Gasteiger partial charge >= 0.3 is 6.18 Å². The van der Waals surface area contributed by atoms with Crippen LogP contribution in [-0.4, -0.2) is 82.2 Å². The molecule has 2 aliphatic rings. The lowest BCUT2D eigenvalue weighted by molar-refractivity contribution is -0.144. The quantitative estimate of drug-likeness (QED) is 0.511. The largest absolute Gasteiger partial charge is 0.451 e. The second-order valence-corrected chi connectivity index (χ2v) is 9.46. The number of β-amino-alcohol motifs (C(OH)–C–C–N with tert-alkyl or cyclic N) is 1. The first-order chi connectivity index (χ1) is 17.5. The number of aliphatic hydroxyl groups excluding tert-OH is 1. The first kappa shape index (κ1) is 25.6. The molecule has 2 aromatic carbocycles. The molecule has 0 saturated carbocycles. The van der Waals surface area contributed by atoms with Gasteiger partial charge in [0.2, 0.25) is 5.82 Å². The fourth-order valence-electron chi connectivity index (χ4n) is 4.81. The van der Waals surface area contributed by atoms with Crippen LogP contribution in [0.4, 0.5) is 27.8 Å². The predicted molar refractivity (Wildman–Crippen MR) is 125 cm³/mol. The molecule has 7 nitrogen and oxygen atoms in total. The third kappa shape index (κ3) is 5.05. The van der Waals surface area contributed by atoms with Gasteiger partial charge in [0.15, 0.2) is 11.6 Å². The van der Waals surface area contributed by atoms with Crippen LogP contribution >= 0.6 is 11.6 Å². The summed E-state index contributed by atoms with van der Waals surface area (Å²) in [7, 11) is 0.